The van der Waals surface area contributed by atoms with Crippen LogP contribution in [0.15, 0.2) is 47.4 Å². The average molecular weight is 421 g/mol. The molecule has 0 atom stereocenters. The van der Waals surface area contributed by atoms with Crippen molar-refractivity contribution < 1.29 is 13.2 Å². The molecule has 0 aromatic heterocycles. The van der Waals surface area contributed by atoms with Gasteiger partial charge in [0.05, 0.1) is 11.9 Å². The third kappa shape index (κ3) is 6.01. The SMILES string of the molecule is CCc1ccc(CC)c(CNC(=O)CN(c2cccc(SC)c2)S(C)(=O)=O)c1. The standard InChI is InChI=1S/C21H28N2O3S2/c1-5-16-10-11-17(6-2)18(12-16)14-22-21(24)15-23(28(4,25)26)19-8-7-9-20(13-19)27-3/h7-13H,5-6,14-15H2,1-4H3,(H,22,24). The average Bonchev–Trinajstić information content (AvgIpc) is 2.69. The molecule has 0 spiro atoms. The quantitative estimate of drug-likeness (QED) is 0.629. The van der Waals surface area contributed by atoms with Gasteiger partial charge < -0.3 is 5.32 Å². The number of rotatable bonds is 9. The Hall–Kier alpha value is -1.99. The lowest BCUT2D eigenvalue weighted by molar-refractivity contribution is -0.119. The number of thioether (sulfide) groups is 1. The first-order valence-electron chi connectivity index (χ1n) is 9.27. The van der Waals surface area contributed by atoms with Gasteiger partial charge >= 0.3 is 0 Å². The number of hydrogen-bond donors (Lipinski definition) is 1. The molecule has 0 aliphatic rings. The molecule has 5 nitrogen and oxygen atoms in total. The summed E-state index contributed by atoms with van der Waals surface area (Å²) in [7, 11) is -3.58. The summed E-state index contributed by atoms with van der Waals surface area (Å²) in [6.07, 6.45) is 4.85. The first-order chi connectivity index (χ1) is 13.3. The van der Waals surface area contributed by atoms with Crippen molar-refractivity contribution in [3.63, 3.8) is 0 Å². The summed E-state index contributed by atoms with van der Waals surface area (Å²) < 4.78 is 25.7. The first-order valence-corrected chi connectivity index (χ1v) is 12.3. The van der Waals surface area contributed by atoms with E-state index in [1.165, 1.54) is 22.9 Å². The lowest BCUT2D eigenvalue weighted by atomic mass is 10.0. The van der Waals surface area contributed by atoms with Crippen LogP contribution in [0.3, 0.4) is 0 Å². The van der Waals surface area contributed by atoms with E-state index in [-0.39, 0.29) is 12.5 Å². The van der Waals surface area contributed by atoms with Crippen LogP contribution in [0.1, 0.15) is 30.5 Å². The molecule has 2 rings (SSSR count). The second kappa shape index (κ2) is 9.98. The molecular formula is C21H28N2O3S2. The number of nitrogens with one attached hydrogen (secondary N) is 1. The van der Waals surface area contributed by atoms with Gasteiger partial charge in [0.1, 0.15) is 6.54 Å². The molecule has 1 amide bonds. The molecule has 2 aromatic carbocycles. The number of sulfonamides is 1. The maximum Gasteiger partial charge on any atom is 0.241 e. The van der Waals surface area contributed by atoms with Gasteiger partial charge in [-0.15, -0.1) is 11.8 Å². The van der Waals surface area contributed by atoms with Gasteiger partial charge in [0.2, 0.25) is 15.9 Å². The monoisotopic (exact) mass is 420 g/mol. The first kappa shape index (κ1) is 22.3. The third-order valence-corrected chi connectivity index (χ3v) is 6.43. The van der Waals surface area contributed by atoms with E-state index in [0.29, 0.717) is 12.2 Å². The molecule has 7 heteroatoms. The molecule has 0 radical (unpaired) electrons. The van der Waals surface area contributed by atoms with Crippen LogP contribution in [-0.4, -0.2) is 33.4 Å². The fraction of sp³-hybridized carbons (Fsp3) is 0.381. The van der Waals surface area contributed by atoms with Crippen LogP contribution in [0.4, 0.5) is 5.69 Å². The van der Waals surface area contributed by atoms with Crippen molar-refractivity contribution in [1.29, 1.82) is 0 Å². The largest absolute Gasteiger partial charge is 0.350 e. The Morgan fingerprint density at radius 2 is 1.82 bits per heavy atom. The molecule has 0 saturated carbocycles. The van der Waals surface area contributed by atoms with Crippen molar-refractivity contribution in [3.05, 3.63) is 59.2 Å². The Balaban J connectivity index is 2.15. The van der Waals surface area contributed by atoms with E-state index in [1.54, 1.807) is 18.2 Å². The van der Waals surface area contributed by atoms with E-state index in [1.807, 2.05) is 12.3 Å². The molecule has 0 unspecified atom stereocenters. The van der Waals surface area contributed by atoms with Gasteiger partial charge in [0, 0.05) is 11.4 Å². The van der Waals surface area contributed by atoms with Crippen molar-refractivity contribution >= 4 is 33.4 Å². The van der Waals surface area contributed by atoms with E-state index in [0.717, 1.165) is 33.9 Å². The van der Waals surface area contributed by atoms with Crippen LogP contribution >= 0.6 is 11.8 Å². The van der Waals surface area contributed by atoms with Gasteiger partial charge in [-0.1, -0.05) is 38.1 Å². The predicted molar refractivity (Wildman–Crippen MR) is 117 cm³/mol. The molecule has 0 aliphatic heterocycles. The zero-order valence-corrected chi connectivity index (χ0v) is 18.5. The summed E-state index contributed by atoms with van der Waals surface area (Å²) in [6.45, 7) is 4.32. The van der Waals surface area contributed by atoms with E-state index in [9.17, 15) is 13.2 Å². The smallest absolute Gasteiger partial charge is 0.241 e. The summed E-state index contributed by atoms with van der Waals surface area (Å²) in [4.78, 5) is 13.5. The molecule has 0 heterocycles. The fourth-order valence-electron chi connectivity index (χ4n) is 2.95. The summed E-state index contributed by atoms with van der Waals surface area (Å²) in [5.74, 6) is -0.330. The second-order valence-corrected chi connectivity index (χ2v) is 9.34. The van der Waals surface area contributed by atoms with Gasteiger partial charge in [-0.25, -0.2) is 8.42 Å². The van der Waals surface area contributed by atoms with Crippen LogP contribution in [0.2, 0.25) is 0 Å². The van der Waals surface area contributed by atoms with Crippen molar-refractivity contribution in [2.45, 2.75) is 38.1 Å². The van der Waals surface area contributed by atoms with E-state index >= 15 is 0 Å². The highest BCUT2D eigenvalue weighted by Crippen LogP contribution is 2.23. The lowest BCUT2D eigenvalue weighted by Crippen LogP contribution is -2.40. The Morgan fingerprint density at radius 3 is 2.43 bits per heavy atom. The Bertz CT molecular complexity index is 927. The fourth-order valence-corrected chi connectivity index (χ4v) is 4.26. The number of nitrogens with zero attached hydrogens (tertiary/aromatic N) is 1. The molecule has 28 heavy (non-hydrogen) atoms. The summed E-state index contributed by atoms with van der Waals surface area (Å²) >= 11 is 1.52. The molecule has 0 saturated heterocycles. The molecule has 2 aromatic rings. The van der Waals surface area contributed by atoms with Crippen LogP contribution < -0.4 is 9.62 Å². The number of hydrogen-bond acceptors (Lipinski definition) is 4. The zero-order chi connectivity index (χ0) is 20.7. The van der Waals surface area contributed by atoms with Gasteiger partial charge in [0.25, 0.3) is 0 Å². The third-order valence-electron chi connectivity index (χ3n) is 4.56. The van der Waals surface area contributed by atoms with Crippen molar-refractivity contribution in [3.8, 4) is 0 Å². The maximum absolute atomic E-state index is 12.5. The minimum absolute atomic E-state index is 0.244. The van der Waals surface area contributed by atoms with Crippen LogP contribution in [0.25, 0.3) is 0 Å². The Labute approximate surface area is 172 Å². The normalized spacial score (nSPS) is 11.3. The van der Waals surface area contributed by atoms with Crippen LogP contribution in [-0.2, 0) is 34.2 Å². The summed E-state index contributed by atoms with van der Waals surface area (Å²) in [6, 6.07) is 13.5. The highest BCUT2D eigenvalue weighted by atomic mass is 32.2. The van der Waals surface area contributed by atoms with Gasteiger partial charge in [-0.2, -0.15) is 0 Å². The number of amides is 1. The number of aryl methyl sites for hydroxylation is 2. The van der Waals surface area contributed by atoms with E-state index in [4.69, 9.17) is 0 Å². The number of carbonyl (C=O) groups excluding carboxylic acids is 1. The number of anilines is 1. The van der Waals surface area contributed by atoms with Crippen molar-refractivity contribution in [2.24, 2.45) is 0 Å². The molecule has 1 N–H and O–H groups in total. The molecular weight excluding hydrogens is 392 g/mol. The zero-order valence-electron chi connectivity index (χ0n) is 16.9. The maximum atomic E-state index is 12.5. The van der Waals surface area contributed by atoms with Gasteiger partial charge in [0.15, 0.2) is 0 Å². The molecule has 0 fully saturated rings. The predicted octanol–water partition coefficient (Wildman–Crippen LogP) is 3.62. The molecule has 152 valence electrons. The van der Waals surface area contributed by atoms with Crippen LogP contribution in [0, 0.1) is 0 Å². The van der Waals surface area contributed by atoms with Crippen molar-refractivity contribution in [1.82, 2.24) is 5.32 Å². The second-order valence-electron chi connectivity index (χ2n) is 6.56. The highest BCUT2D eigenvalue weighted by molar-refractivity contribution is 7.98. The Kier molecular flexibility index (Phi) is 7.95. The van der Waals surface area contributed by atoms with Gasteiger partial charge in [-0.05, 0) is 54.0 Å². The minimum atomic E-state index is -3.58. The summed E-state index contributed by atoms with van der Waals surface area (Å²) in [5.41, 5.74) is 3.97. The van der Waals surface area contributed by atoms with Gasteiger partial charge in [-0.3, -0.25) is 9.10 Å². The molecule has 0 aliphatic carbocycles. The topological polar surface area (TPSA) is 66.5 Å². The Morgan fingerprint density at radius 1 is 1.07 bits per heavy atom. The molecule has 0 bridgehead atoms. The minimum Gasteiger partial charge on any atom is -0.350 e. The highest BCUT2D eigenvalue weighted by Gasteiger charge is 2.21. The summed E-state index contributed by atoms with van der Waals surface area (Å²) in [5, 5.41) is 2.88. The van der Waals surface area contributed by atoms with E-state index < -0.39 is 10.0 Å². The van der Waals surface area contributed by atoms with Crippen LogP contribution in [0.5, 0.6) is 0 Å². The number of benzene rings is 2. The van der Waals surface area contributed by atoms with E-state index in [2.05, 4.69) is 37.4 Å². The number of carbonyl (C=O) groups is 1. The lowest BCUT2D eigenvalue weighted by Gasteiger charge is -2.22. The van der Waals surface area contributed by atoms with Crippen molar-refractivity contribution in [2.75, 3.05) is 23.4 Å².